The number of hydrogen-bond donors (Lipinski definition) is 1. The summed E-state index contributed by atoms with van der Waals surface area (Å²) in [5, 5.41) is 3.42. The molecule has 3 rings (SSSR count). The van der Waals surface area contributed by atoms with Crippen molar-refractivity contribution >= 4 is 33.2 Å². The third kappa shape index (κ3) is 5.18. The summed E-state index contributed by atoms with van der Waals surface area (Å²) >= 11 is 5.86. The maximum Gasteiger partial charge on any atom is 0.243 e. The van der Waals surface area contributed by atoms with Crippen LogP contribution in [0.25, 0.3) is 0 Å². The lowest BCUT2D eigenvalue weighted by Gasteiger charge is -2.31. The smallest absolute Gasteiger partial charge is 0.243 e. The van der Waals surface area contributed by atoms with Crippen LogP contribution in [0, 0.1) is 5.92 Å². The highest BCUT2D eigenvalue weighted by atomic mass is 35.5. The minimum absolute atomic E-state index is 0.141. The normalized spacial score (nSPS) is 18.9. The van der Waals surface area contributed by atoms with Gasteiger partial charge in [0.2, 0.25) is 15.9 Å². The second kappa shape index (κ2) is 9.28. The summed E-state index contributed by atoms with van der Waals surface area (Å²) in [7, 11) is -3.64. The number of benzene rings is 2. The Morgan fingerprint density at radius 3 is 2.45 bits per heavy atom. The van der Waals surface area contributed by atoms with E-state index in [0.29, 0.717) is 30.3 Å². The molecule has 7 heteroatoms. The molecule has 1 fully saturated rings. The molecule has 2 unspecified atom stereocenters. The number of amides is 1. The first-order valence-corrected chi connectivity index (χ1v) is 11.8. The van der Waals surface area contributed by atoms with Crippen LogP contribution in [0.1, 0.15) is 44.6 Å². The first-order valence-electron chi connectivity index (χ1n) is 9.97. The van der Waals surface area contributed by atoms with Crippen molar-refractivity contribution in [2.24, 2.45) is 5.92 Å². The highest BCUT2D eigenvalue weighted by molar-refractivity contribution is 7.89. The van der Waals surface area contributed by atoms with Crippen molar-refractivity contribution in [2.45, 2.75) is 43.9 Å². The Kier molecular flexibility index (Phi) is 6.98. The molecule has 1 heterocycles. The van der Waals surface area contributed by atoms with E-state index in [1.54, 1.807) is 12.1 Å². The number of anilines is 1. The van der Waals surface area contributed by atoms with Gasteiger partial charge in [0, 0.05) is 23.8 Å². The van der Waals surface area contributed by atoms with Gasteiger partial charge in [-0.05, 0) is 67.1 Å². The van der Waals surface area contributed by atoms with Crippen molar-refractivity contribution in [1.82, 2.24) is 4.31 Å². The van der Waals surface area contributed by atoms with E-state index in [-0.39, 0.29) is 23.3 Å². The number of rotatable bonds is 6. The number of carbonyl (C=O) groups excluding carboxylic acids is 1. The number of hydrogen-bond acceptors (Lipinski definition) is 3. The summed E-state index contributed by atoms with van der Waals surface area (Å²) in [5.41, 5.74) is 1.98. The van der Waals surface area contributed by atoms with Gasteiger partial charge in [0.15, 0.2) is 0 Å². The quantitative estimate of drug-likeness (QED) is 0.703. The number of nitrogens with one attached hydrogen (secondary N) is 1. The van der Waals surface area contributed by atoms with Crippen LogP contribution < -0.4 is 5.32 Å². The van der Waals surface area contributed by atoms with Gasteiger partial charge in [-0.25, -0.2) is 8.42 Å². The van der Waals surface area contributed by atoms with E-state index in [2.05, 4.69) is 19.2 Å². The Balaban J connectivity index is 1.67. The molecular weight excluding hydrogens is 408 g/mol. The fourth-order valence-electron chi connectivity index (χ4n) is 3.51. The molecule has 2 aromatic carbocycles. The van der Waals surface area contributed by atoms with E-state index in [1.165, 1.54) is 22.0 Å². The van der Waals surface area contributed by atoms with E-state index in [9.17, 15) is 13.2 Å². The molecule has 0 bridgehead atoms. The second-order valence-corrected chi connectivity index (χ2v) is 9.95. The van der Waals surface area contributed by atoms with Crippen molar-refractivity contribution in [3.05, 3.63) is 59.1 Å². The lowest BCUT2D eigenvalue weighted by atomic mass is 9.97. The summed E-state index contributed by atoms with van der Waals surface area (Å²) in [4.78, 5) is 12.9. The highest BCUT2D eigenvalue weighted by Crippen LogP contribution is 2.26. The maximum absolute atomic E-state index is 12.9. The van der Waals surface area contributed by atoms with E-state index in [0.717, 1.165) is 12.1 Å². The first kappa shape index (κ1) is 21.8. The molecule has 2 atom stereocenters. The van der Waals surface area contributed by atoms with Crippen LogP contribution in [0.2, 0.25) is 5.02 Å². The number of halogens is 1. The van der Waals surface area contributed by atoms with Crippen molar-refractivity contribution in [3.8, 4) is 0 Å². The predicted octanol–water partition coefficient (Wildman–Crippen LogP) is 4.89. The minimum Gasteiger partial charge on any atom is -0.326 e. The fraction of sp³-hybridized carbons (Fsp3) is 0.409. The van der Waals surface area contributed by atoms with Crippen LogP contribution in [-0.4, -0.2) is 31.7 Å². The van der Waals surface area contributed by atoms with Crippen LogP contribution in [0.15, 0.2) is 53.4 Å². The molecule has 5 nitrogen and oxygen atoms in total. The zero-order chi connectivity index (χ0) is 21.0. The predicted molar refractivity (Wildman–Crippen MR) is 117 cm³/mol. The molecule has 0 radical (unpaired) electrons. The number of sulfonamides is 1. The van der Waals surface area contributed by atoms with Gasteiger partial charge in [-0.3, -0.25) is 4.79 Å². The van der Waals surface area contributed by atoms with Gasteiger partial charge in [0.1, 0.15) is 0 Å². The van der Waals surface area contributed by atoms with Crippen LogP contribution in [0.4, 0.5) is 5.69 Å². The van der Waals surface area contributed by atoms with E-state index in [4.69, 9.17) is 11.6 Å². The van der Waals surface area contributed by atoms with Crippen molar-refractivity contribution < 1.29 is 13.2 Å². The lowest BCUT2D eigenvalue weighted by molar-refractivity contribution is -0.120. The highest BCUT2D eigenvalue weighted by Gasteiger charge is 2.33. The largest absolute Gasteiger partial charge is 0.326 e. The monoisotopic (exact) mass is 434 g/mol. The summed E-state index contributed by atoms with van der Waals surface area (Å²) in [6.07, 6.45) is 2.38. The maximum atomic E-state index is 12.9. The lowest BCUT2D eigenvalue weighted by Crippen LogP contribution is -2.43. The molecular formula is C22H27ClN2O3S. The molecule has 1 saturated heterocycles. The molecule has 1 N–H and O–H groups in total. The van der Waals surface area contributed by atoms with Crippen LogP contribution >= 0.6 is 11.6 Å². The minimum atomic E-state index is -3.64. The summed E-state index contributed by atoms with van der Waals surface area (Å²) < 4.78 is 27.2. The SMILES string of the molecule is CCC(C)c1ccc(NC(=O)C2CCCN(S(=O)(=O)c3ccc(Cl)cc3)C2)cc1. The fourth-order valence-corrected chi connectivity index (χ4v) is 5.16. The zero-order valence-corrected chi connectivity index (χ0v) is 18.3. The van der Waals surface area contributed by atoms with Gasteiger partial charge in [-0.15, -0.1) is 0 Å². The zero-order valence-electron chi connectivity index (χ0n) is 16.8. The molecule has 0 aromatic heterocycles. The topological polar surface area (TPSA) is 66.5 Å². The van der Waals surface area contributed by atoms with E-state index in [1.807, 2.05) is 24.3 Å². The molecule has 29 heavy (non-hydrogen) atoms. The molecule has 1 aliphatic heterocycles. The molecule has 1 aliphatic rings. The first-order chi connectivity index (χ1) is 13.8. The third-order valence-corrected chi connectivity index (χ3v) is 7.70. The van der Waals surface area contributed by atoms with Gasteiger partial charge in [0.25, 0.3) is 0 Å². The second-order valence-electron chi connectivity index (χ2n) is 7.58. The Hall–Kier alpha value is -1.89. The third-order valence-electron chi connectivity index (χ3n) is 5.57. The Labute approximate surface area is 178 Å². The van der Waals surface area contributed by atoms with Crippen LogP contribution in [-0.2, 0) is 14.8 Å². The Morgan fingerprint density at radius 1 is 1.17 bits per heavy atom. The van der Waals surface area contributed by atoms with Gasteiger partial charge in [-0.2, -0.15) is 4.31 Å². The van der Waals surface area contributed by atoms with Gasteiger partial charge in [0.05, 0.1) is 10.8 Å². The Morgan fingerprint density at radius 2 is 1.83 bits per heavy atom. The van der Waals surface area contributed by atoms with Gasteiger partial charge < -0.3 is 5.32 Å². The molecule has 0 aliphatic carbocycles. The molecule has 0 spiro atoms. The summed E-state index contributed by atoms with van der Waals surface area (Å²) in [5.74, 6) is -0.0397. The molecule has 2 aromatic rings. The summed E-state index contributed by atoms with van der Waals surface area (Å²) in [6.45, 7) is 4.92. The molecule has 1 amide bonds. The van der Waals surface area contributed by atoms with Crippen molar-refractivity contribution in [3.63, 3.8) is 0 Å². The summed E-state index contributed by atoms with van der Waals surface area (Å²) in [6, 6.07) is 14.0. The van der Waals surface area contributed by atoms with Crippen molar-refractivity contribution in [1.29, 1.82) is 0 Å². The Bertz CT molecular complexity index is 943. The number of carbonyl (C=O) groups is 1. The van der Waals surface area contributed by atoms with E-state index < -0.39 is 10.0 Å². The average Bonchev–Trinajstić information content (AvgIpc) is 2.74. The van der Waals surface area contributed by atoms with Gasteiger partial charge >= 0.3 is 0 Å². The molecule has 156 valence electrons. The standard InChI is InChI=1S/C22H27ClN2O3S/c1-3-16(2)17-6-10-20(11-7-17)24-22(26)18-5-4-14-25(15-18)29(27,28)21-12-8-19(23)9-13-21/h6-13,16,18H,3-5,14-15H2,1-2H3,(H,24,26). The van der Waals surface area contributed by atoms with Gasteiger partial charge in [-0.1, -0.05) is 37.6 Å². The average molecular weight is 435 g/mol. The number of nitrogens with zero attached hydrogens (tertiary/aromatic N) is 1. The number of piperidine rings is 1. The molecule has 0 saturated carbocycles. The van der Waals surface area contributed by atoms with Crippen LogP contribution in [0.3, 0.4) is 0 Å². The van der Waals surface area contributed by atoms with E-state index >= 15 is 0 Å². The van der Waals surface area contributed by atoms with Crippen molar-refractivity contribution in [2.75, 3.05) is 18.4 Å². The van der Waals surface area contributed by atoms with Crippen LogP contribution in [0.5, 0.6) is 0 Å².